The summed E-state index contributed by atoms with van der Waals surface area (Å²) in [7, 11) is 3.12. The number of phenolic OH excluding ortho intramolecular Hbond substituents is 1. The number of nitrogens with zero attached hydrogens (tertiary/aromatic N) is 3. The molecule has 0 aliphatic carbocycles. The van der Waals surface area contributed by atoms with Crippen LogP contribution in [-0.2, 0) is 25.4 Å². The Hall–Kier alpha value is -3.29. The number of hydrogen-bond acceptors (Lipinski definition) is 4. The summed E-state index contributed by atoms with van der Waals surface area (Å²) in [6.45, 7) is 0.894. The highest BCUT2D eigenvalue weighted by atomic mass is 35.5. The number of aromatic nitrogens is 3. The Balaban J connectivity index is 1.96. The van der Waals surface area contributed by atoms with Crippen LogP contribution in [0.1, 0.15) is 17.4 Å². The van der Waals surface area contributed by atoms with E-state index in [1.807, 2.05) is 22.8 Å². The molecule has 0 radical (unpaired) electrons. The lowest BCUT2D eigenvalue weighted by Gasteiger charge is -2.28. The fourth-order valence-electron chi connectivity index (χ4n) is 4.43. The van der Waals surface area contributed by atoms with Crippen LogP contribution >= 0.6 is 11.6 Å². The van der Waals surface area contributed by atoms with Crippen molar-refractivity contribution in [2.75, 3.05) is 6.61 Å². The number of hydrogen-bond donors (Lipinski definition) is 1. The molecular formula is C23H20ClN3O4. The van der Waals surface area contributed by atoms with Crippen LogP contribution in [0.3, 0.4) is 0 Å². The van der Waals surface area contributed by atoms with Crippen molar-refractivity contribution in [1.29, 1.82) is 0 Å². The van der Waals surface area contributed by atoms with E-state index < -0.39 is 11.8 Å². The van der Waals surface area contributed by atoms with E-state index in [1.165, 1.54) is 11.6 Å². The lowest BCUT2D eigenvalue weighted by Crippen LogP contribution is -2.37. The largest absolute Gasteiger partial charge is 0.508 e. The summed E-state index contributed by atoms with van der Waals surface area (Å²) in [4.78, 5) is 26.1. The molecule has 158 valence electrons. The van der Waals surface area contributed by atoms with Gasteiger partial charge in [0.2, 0.25) is 0 Å². The summed E-state index contributed by atoms with van der Waals surface area (Å²) in [6.07, 6.45) is -0.629. The number of halogens is 1. The van der Waals surface area contributed by atoms with Crippen LogP contribution in [0, 0.1) is 0 Å². The molecule has 0 spiro atoms. The minimum absolute atomic E-state index is 0.0946. The van der Waals surface area contributed by atoms with Gasteiger partial charge in [0, 0.05) is 31.2 Å². The molecule has 31 heavy (non-hydrogen) atoms. The standard InChI is InChI=1S/C23H20ClN3O4/c1-25-19-17(22(29)26(2)23(25)30)18(13-7-9-14(24)10-8-13)27-11-12-31-21(20(19)27)15-5-3-4-6-16(15)28/h3-10,21,28H,11-12H2,1-2H3/t21-/m0/s1. The molecule has 3 heterocycles. The van der Waals surface area contributed by atoms with Gasteiger partial charge in [0.1, 0.15) is 11.9 Å². The van der Waals surface area contributed by atoms with Crippen molar-refractivity contribution in [3.05, 3.63) is 85.6 Å². The summed E-state index contributed by atoms with van der Waals surface area (Å²) in [5, 5.41) is 11.5. The van der Waals surface area contributed by atoms with Crippen molar-refractivity contribution >= 4 is 22.5 Å². The van der Waals surface area contributed by atoms with Gasteiger partial charge in [-0.05, 0) is 23.8 Å². The van der Waals surface area contributed by atoms with E-state index in [2.05, 4.69) is 0 Å². The van der Waals surface area contributed by atoms with E-state index in [-0.39, 0.29) is 11.3 Å². The van der Waals surface area contributed by atoms with Crippen LogP contribution in [0.15, 0.2) is 58.1 Å². The third-order valence-corrected chi connectivity index (χ3v) is 6.14. The maximum atomic E-state index is 13.3. The minimum atomic E-state index is -0.629. The molecule has 2 aromatic carbocycles. The smallest absolute Gasteiger partial charge is 0.331 e. The van der Waals surface area contributed by atoms with E-state index in [4.69, 9.17) is 16.3 Å². The van der Waals surface area contributed by atoms with Crippen molar-refractivity contribution in [2.24, 2.45) is 14.1 Å². The number of ether oxygens (including phenoxy) is 1. The summed E-state index contributed by atoms with van der Waals surface area (Å²) in [6, 6.07) is 14.2. The van der Waals surface area contributed by atoms with E-state index in [0.29, 0.717) is 46.0 Å². The van der Waals surface area contributed by atoms with Crippen LogP contribution in [0.5, 0.6) is 5.75 Å². The molecule has 0 fully saturated rings. The van der Waals surface area contributed by atoms with Crippen LogP contribution in [-0.4, -0.2) is 25.4 Å². The van der Waals surface area contributed by atoms with Crippen LogP contribution in [0.25, 0.3) is 22.2 Å². The van der Waals surface area contributed by atoms with Crippen molar-refractivity contribution < 1.29 is 9.84 Å². The number of fused-ring (bicyclic) bond motifs is 3. The highest BCUT2D eigenvalue weighted by Gasteiger charge is 2.34. The first-order valence-corrected chi connectivity index (χ1v) is 10.3. The van der Waals surface area contributed by atoms with Gasteiger partial charge in [0.25, 0.3) is 5.56 Å². The third kappa shape index (κ3) is 2.85. The lowest BCUT2D eigenvalue weighted by molar-refractivity contribution is 0.0464. The molecule has 2 aromatic heterocycles. The normalized spacial score (nSPS) is 15.9. The van der Waals surface area contributed by atoms with Crippen molar-refractivity contribution in [2.45, 2.75) is 12.6 Å². The summed E-state index contributed by atoms with van der Waals surface area (Å²) < 4.78 is 10.7. The molecule has 0 bridgehead atoms. The predicted octanol–water partition coefficient (Wildman–Crippen LogP) is 3.18. The van der Waals surface area contributed by atoms with Gasteiger partial charge < -0.3 is 14.4 Å². The SMILES string of the molecule is Cn1c(=O)c2c(-c3ccc(Cl)cc3)n3c(c2n(C)c1=O)[C@H](c1ccccc1O)OCC3. The zero-order valence-corrected chi connectivity index (χ0v) is 17.8. The lowest BCUT2D eigenvalue weighted by atomic mass is 10.0. The highest BCUT2D eigenvalue weighted by molar-refractivity contribution is 6.30. The number of benzene rings is 2. The van der Waals surface area contributed by atoms with Gasteiger partial charge >= 0.3 is 5.69 Å². The second-order valence-electron chi connectivity index (χ2n) is 7.63. The molecule has 4 aromatic rings. The van der Waals surface area contributed by atoms with Crippen LogP contribution in [0.2, 0.25) is 5.02 Å². The average molecular weight is 438 g/mol. The molecule has 1 N–H and O–H groups in total. The second-order valence-corrected chi connectivity index (χ2v) is 8.07. The average Bonchev–Trinajstić information content (AvgIpc) is 3.13. The minimum Gasteiger partial charge on any atom is -0.508 e. The van der Waals surface area contributed by atoms with Crippen molar-refractivity contribution in [1.82, 2.24) is 13.7 Å². The fourth-order valence-corrected chi connectivity index (χ4v) is 4.56. The molecule has 1 aliphatic rings. The first-order chi connectivity index (χ1) is 14.9. The Kier molecular flexibility index (Phi) is 4.53. The predicted molar refractivity (Wildman–Crippen MR) is 119 cm³/mol. The van der Waals surface area contributed by atoms with Gasteiger partial charge in [0.15, 0.2) is 0 Å². The Labute approximate surface area is 182 Å². The monoisotopic (exact) mass is 437 g/mol. The number of aryl methyl sites for hydroxylation is 1. The molecule has 1 atom stereocenters. The number of para-hydroxylation sites is 1. The molecular weight excluding hydrogens is 418 g/mol. The quantitative estimate of drug-likeness (QED) is 0.522. The molecule has 0 amide bonds. The summed E-state index contributed by atoms with van der Waals surface area (Å²) in [5.74, 6) is 0.0946. The van der Waals surface area contributed by atoms with Crippen LogP contribution < -0.4 is 11.2 Å². The third-order valence-electron chi connectivity index (χ3n) is 5.89. The Morgan fingerprint density at radius 3 is 2.45 bits per heavy atom. The van der Waals surface area contributed by atoms with E-state index in [9.17, 15) is 14.7 Å². The van der Waals surface area contributed by atoms with Gasteiger partial charge in [-0.1, -0.05) is 41.9 Å². The van der Waals surface area contributed by atoms with Gasteiger partial charge in [0.05, 0.1) is 28.9 Å². The second kappa shape index (κ2) is 7.14. The molecule has 0 saturated carbocycles. The van der Waals surface area contributed by atoms with Crippen molar-refractivity contribution in [3.8, 4) is 17.0 Å². The Bertz CT molecular complexity index is 1450. The molecule has 8 heteroatoms. The number of phenols is 1. The highest BCUT2D eigenvalue weighted by Crippen LogP contribution is 2.42. The maximum absolute atomic E-state index is 13.3. The van der Waals surface area contributed by atoms with E-state index in [1.54, 1.807) is 37.4 Å². The van der Waals surface area contributed by atoms with E-state index in [0.717, 1.165) is 10.1 Å². The Morgan fingerprint density at radius 2 is 1.74 bits per heavy atom. The Morgan fingerprint density at radius 1 is 1.03 bits per heavy atom. The summed E-state index contributed by atoms with van der Waals surface area (Å²) in [5.41, 5.74) is 2.49. The number of rotatable bonds is 2. The zero-order chi connectivity index (χ0) is 21.9. The zero-order valence-electron chi connectivity index (χ0n) is 17.0. The maximum Gasteiger partial charge on any atom is 0.331 e. The fraction of sp³-hybridized carbons (Fsp3) is 0.217. The van der Waals surface area contributed by atoms with Gasteiger partial charge in [-0.2, -0.15) is 0 Å². The van der Waals surface area contributed by atoms with Crippen molar-refractivity contribution in [3.63, 3.8) is 0 Å². The number of aromatic hydroxyl groups is 1. The topological polar surface area (TPSA) is 78.4 Å². The molecule has 0 unspecified atom stereocenters. The molecule has 5 rings (SSSR count). The van der Waals surface area contributed by atoms with E-state index >= 15 is 0 Å². The molecule has 1 aliphatic heterocycles. The van der Waals surface area contributed by atoms with Gasteiger partial charge in [-0.25, -0.2) is 4.79 Å². The van der Waals surface area contributed by atoms with Crippen LogP contribution in [0.4, 0.5) is 0 Å². The van der Waals surface area contributed by atoms with Gasteiger partial charge in [-0.15, -0.1) is 0 Å². The molecule has 0 saturated heterocycles. The summed E-state index contributed by atoms with van der Waals surface area (Å²) >= 11 is 6.09. The molecule has 7 nitrogen and oxygen atoms in total. The van der Waals surface area contributed by atoms with Gasteiger partial charge in [-0.3, -0.25) is 13.9 Å². The first kappa shape index (κ1) is 19.7. The first-order valence-electron chi connectivity index (χ1n) is 9.87.